The van der Waals surface area contributed by atoms with Gasteiger partial charge in [-0.2, -0.15) is 0 Å². The number of allylic oxidation sites excluding steroid dienone is 1. The van der Waals surface area contributed by atoms with Gasteiger partial charge in [-0.25, -0.2) is 4.98 Å². The molecule has 0 aliphatic heterocycles. The second kappa shape index (κ2) is 15.7. The number of aryl methyl sites for hydroxylation is 1. The first-order chi connectivity index (χ1) is 14.0. The van der Waals surface area contributed by atoms with Crippen LogP contribution in [0.2, 0.25) is 0 Å². The summed E-state index contributed by atoms with van der Waals surface area (Å²) in [6.07, 6.45) is 19.9. The molecule has 0 saturated heterocycles. The van der Waals surface area contributed by atoms with Crippen molar-refractivity contribution in [1.82, 2.24) is 9.97 Å². The Hall–Kier alpha value is -1.05. The molecule has 1 heterocycles. The molecule has 0 aliphatic rings. The highest BCUT2D eigenvalue weighted by Crippen LogP contribution is 2.28. The lowest BCUT2D eigenvalue weighted by Crippen LogP contribution is -2.00. The molecule has 2 atom stereocenters. The van der Waals surface area contributed by atoms with E-state index in [1.165, 1.54) is 107 Å². The van der Waals surface area contributed by atoms with E-state index in [1.54, 1.807) is 0 Å². The third-order valence-electron chi connectivity index (χ3n) is 6.34. The summed E-state index contributed by atoms with van der Waals surface area (Å²) >= 11 is 0. The Bertz CT molecular complexity index is 543. The van der Waals surface area contributed by atoms with E-state index in [0.29, 0.717) is 11.8 Å². The Balaban J connectivity index is 2.36. The number of H-pyrrole nitrogens is 1. The first-order valence-electron chi connectivity index (χ1n) is 12.7. The zero-order valence-corrected chi connectivity index (χ0v) is 20.4. The molecule has 0 amide bonds. The van der Waals surface area contributed by atoms with Gasteiger partial charge in [-0.3, -0.25) is 0 Å². The Morgan fingerprint density at radius 2 is 1.38 bits per heavy atom. The lowest BCUT2D eigenvalue weighted by molar-refractivity contribution is 0.544. The number of aromatic nitrogens is 2. The molecule has 29 heavy (non-hydrogen) atoms. The van der Waals surface area contributed by atoms with Crippen molar-refractivity contribution in [2.24, 2.45) is 0 Å². The molecule has 0 spiro atoms. The minimum absolute atomic E-state index is 0.441. The van der Waals surface area contributed by atoms with E-state index in [9.17, 15) is 0 Å². The molecule has 0 bridgehead atoms. The second-order valence-corrected chi connectivity index (χ2v) is 9.46. The van der Waals surface area contributed by atoms with Crippen molar-refractivity contribution in [3.63, 3.8) is 0 Å². The number of hydrogen-bond donors (Lipinski definition) is 1. The van der Waals surface area contributed by atoms with Gasteiger partial charge in [0.05, 0.1) is 5.69 Å². The van der Waals surface area contributed by atoms with E-state index in [2.05, 4.69) is 46.2 Å². The van der Waals surface area contributed by atoms with Crippen LogP contribution in [-0.4, -0.2) is 9.97 Å². The summed E-state index contributed by atoms with van der Waals surface area (Å²) < 4.78 is 0. The third-order valence-corrected chi connectivity index (χ3v) is 6.34. The SMILES string of the molecule is C=C(CCCCCCC)CC(C)c1nc(C(C)CCCCCCCCC)c(C)[nH]1. The average molecular weight is 403 g/mol. The van der Waals surface area contributed by atoms with E-state index in [4.69, 9.17) is 4.98 Å². The minimum atomic E-state index is 0.441. The van der Waals surface area contributed by atoms with Gasteiger partial charge in [-0.05, 0) is 32.6 Å². The third kappa shape index (κ3) is 11.1. The van der Waals surface area contributed by atoms with Gasteiger partial charge < -0.3 is 4.98 Å². The summed E-state index contributed by atoms with van der Waals surface area (Å²) in [5, 5.41) is 0. The minimum Gasteiger partial charge on any atom is -0.346 e. The Kier molecular flexibility index (Phi) is 14.1. The van der Waals surface area contributed by atoms with Crippen LogP contribution in [0.4, 0.5) is 0 Å². The van der Waals surface area contributed by atoms with Crippen molar-refractivity contribution in [1.29, 1.82) is 0 Å². The van der Waals surface area contributed by atoms with Crippen molar-refractivity contribution in [2.45, 2.75) is 143 Å². The molecule has 1 N–H and O–H groups in total. The second-order valence-electron chi connectivity index (χ2n) is 9.46. The Morgan fingerprint density at radius 1 is 0.828 bits per heavy atom. The van der Waals surface area contributed by atoms with Crippen molar-refractivity contribution >= 4 is 0 Å². The smallest absolute Gasteiger partial charge is 0.109 e. The number of imidazole rings is 1. The highest BCUT2D eigenvalue weighted by Gasteiger charge is 2.17. The molecule has 0 aromatic carbocycles. The number of aromatic amines is 1. The van der Waals surface area contributed by atoms with E-state index in [-0.39, 0.29) is 0 Å². The van der Waals surface area contributed by atoms with Crippen LogP contribution in [0.25, 0.3) is 0 Å². The largest absolute Gasteiger partial charge is 0.346 e. The fourth-order valence-electron chi connectivity index (χ4n) is 4.37. The van der Waals surface area contributed by atoms with Gasteiger partial charge in [-0.15, -0.1) is 0 Å². The van der Waals surface area contributed by atoms with Gasteiger partial charge >= 0.3 is 0 Å². The molecule has 0 fully saturated rings. The van der Waals surface area contributed by atoms with Gasteiger partial charge in [-0.1, -0.05) is 110 Å². The van der Waals surface area contributed by atoms with Crippen LogP contribution >= 0.6 is 0 Å². The molecular weight excluding hydrogens is 352 g/mol. The van der Waals surface area contributed by atoms with E-state index >= 15 is 0 Å². The topological polar surface area (TPSA) is 28.7 Å². The molecule has 0 saturated carbocycles. The highest BCUT2D eigenvalue weighted by molar-refractivity contribution is 5.19. The molecule has 2 nitrogen and oxygen atoms in total. The summed E-state index contributed by atoms with van der Waals surface area (Å²) in [4.78, 5) is 8.61. The first-order valence-corrected chi connectivity index (χ1v) is 12.7. The Labute approximate surface area is 182 Å². The van der Waals surface area contributed by atoms with Gasteiger partial charge in [0, 0.05) is 17.5 Å². The lowest BCUT2D eigenvalue weighted by Gasteiger charge is -2.12. The summed E-state index contributed by atoms with van der Waals surface area (Å²) in [6.45, 7) is 15.7. The maximum Gasteiger partial charge on any atom is 0.109 e. The monoisotopic (exact) mass is 402 g/mol. The Morgan fingerprint density at radius 3 is 2.00 bits per heavy atom. The van der Waals surface area contributed by atoms with Crippen molar-refractivity contribution in [3.8, 4) is 0 Å². The number of hydrogen-bond acceptors (Lipinski definition) is 1. The number of unbranched alkanes of at least 4 members (excludes halogenated alkanes) is 10. The normalized spacial score (nSPS) is 13.6. The van der Waals surface area contributed by atoms with Crippen LogP contribution in [0.15, 0.2) is 12.2 Å². The molecular formula is C27H50N2. The quantitative estimate of drug-likeness (QED) is 0.192. The van der Waals surface area contributed by atoms with Crippen LogP contribution in [0.5, 0.6) is 0 Å². The molecule has 1 aromatic rings. The van der Waals surface area contributed by atoms with Gasteiger partial charge in [0.2, 0.25) is 0 Å². The first kappa shape index (κ1) is 26.0. The van der Waals surface area contributed by atoms with Crippen LogP contribution in [0, 0.1) is 6.92 Å². The molecule has 2 unspecified atom stereocenters. The van der Waals surface area contributed by atoms with E-state index in [0.717, 1.165) is 12.2 Å². The summed E-state index contributed by atoms with van der Waals surface area (Å²) in [7, 11) is 0. The summed E-state index contributed by atoms with van der Waals surface area (Å²) in [5.74, 6) is 2.16. The fourth-order valence-corrected chi connectivity index (χ4v) is 4.37. The highest BCUT2D eigenvalue weighted by atomic mass is 14.9. The maximum absolute atomic E-state index is 5.03. The van der Waals surface area contributed by atoms with Gasteiger partial charge in [0.25, 0.3) is 0 Å². The zero-order valence-electron chi connectivity index (χ0n) is 20.4. The zero-order chi connectivity index (χ0) is 21.5. The molecule has 168 valence electrons. The average Bonchev–Trinajstić information content (AvgIpc) is 3.09. The van der Waals surface area contributed by atoms with Crippen LogP contribution in [0.1, 0.15) is 153 Å². The number of nitrogens with one attached hydrogen (secondary N) is 1. The summed E-state index contributed by atoms with van der Waals surface area (Å²) in [6, 6.07) is 0. The predicted molar refractivity (Wildman–Crippen MR) is 130 cm³/mol. The lowest BCUT2D eigenvalue weighted by atomic mass is 9.97. The molecule has 0 radical (unpaired) electrons. The van der Waals surface area contributed by atoms with Crippen molar-refractivity contribution in [2.75, 3.05) is 0 Å². The predicted octanol–water partition coefficient (Wildman–Crippen LogP) is 9.37. The van der Waals surface area contributed by atoms with Crippen LogP contribution in [-0.2, 0) is 0 Å². The van der Waals surface area contributed by atoms with Crippen LogP contribution < -0.4 is 0 Å². The van der Waals surface area contributed by atoms with E-state index < -0.39 is 0 Å². The standard InChI is InChI=1S/C27H50N2/c1-7-9-11-13-14-16-18-20-23(4)26-25(6)28-27(29-26)24(5)21-22(3)19-17-15-12-10-8-2/h23-24H,3,7-21H2,1-2,4-6H3,(H,28,29). The number of nitrogens with zero attached hydrogens (tertiary/aromatic N) is 1. The van der Waals surface area contributed by atoms with E-state index in [1.807, 2.05) is 0 Å². The molecule has 1 aromatic heterocycles. The maximum atomic E-state index is 5.03. The van der Waals surface area contributed by atoms with Gasteiger partial charge in [0.15, 0.2) is 0 Å². The van der Waals surface area contributed by atoms with Crippen LogP contribution in [0.3, 0.4) is 0 Å². The van der Waals surface area contributed by atoms with Gasteiger partial charge in [0.1, 0.15) is 5.82 Å². The van der Waals surface area contributed by atoms with Crippen molar-refractivity contribution < 1.29 is 0 Å². The number of rotatable bonds is 18. The fraction of sp³-hybridized carbons (Fsp3) is 0.815. The summed E-state index contributed by atoms with van der Waals surface area (Å²) in [5.41, 5.74) is 3.95. The molecule has 2 heteroatoms. The molecule has 0 aliphatic carbocycles. The van der Waals surface area contributed by atoms with Crippen molar-refractivity contribution in [3.05, 3.63) is 29.4 Å². The molecule has 1 rings (SSSR count).